The number of benzene rings is 1. The smallest absolute Gasteiger partial charge is 0.315 e. The van der Waals surface area contributed by atoms with E-state index in [1.807, 2.05) is 18.4 Å². The Labute approximate surface area is 143 Å². The van der Waals surface area contributed by atoms with E-state index >= 15 is 0 Å². The van der Waals surface area contributed by atoms with Crippen molar-refractivity contribution in [1.82, 2.24) is 25.4 Å². The third kappa shape index (κ3) is 4.57. The number of carbonyl (C=O) groups is 1. The van der Waals surface area contributed by atoms with Gasteiger partial charge < -0.3 is 15.2 Å². The molecule has 24 heavy (non-hydrogen) atoms. The highest BCUT2D eigenvalue weighted by atomic mass is 16.2. The molecule has 1 heterocycles. The molecular weight excluding hydrogens is 302 g/mol. The van der Waals surface area contributed by atoms with Crippen molar-refractivity contribution in [3.8, 4) is 0 Å². The SMILES string of the molecule is CCn1cnnc1CNC(=O)N[C@@H](C)c1ccc(C(C)(C)C)cc1. The van der Waals surface area contributed by atoms with Gasteiger partial charge in [0.25, 0.3) is 0 Å². The molecule has 6 heteroatoms. The summed E-state index contributed by atoms with van der Waals surface area (Å²) in [5.74, 6) is 0.745. The topological polar surface area (TPSA) is 71.8 Å². The number of nitrogens with one attached hydrogen (secondary N) is 2. The summed E-state index contributed by atoms with van der Waals surface area (Å²) in [6.07, 6.45) is 1.66. The van der Waals surface area contributed by atoms with E-state index in [0.717, 1.165) is 17.9 Å². The number of hydrogen-bond acceptors (Lipinski definition) is 3. The van der Waals surface area contributed by atoms with Gasteiger partial charge in [-0.3, -0.25) is 0 Å². The maximum absolute atomic E-state index is 12.1. The van der Waals surface area contributed by atoms with Crippen LogP contribution in [0.4, 0.5) is 4.79 Å². The average Bonchev–Trinajstić information content (AvgIpc) is 2.99. The number of amides is 2. The van der Waals surface area contributed by atoms with Crippen LogP contribution in [-0.2, 0) is 18.5 Å². The first-order valence-corrected chi connectivity index (χ1v) is 8.32. The Morgan fingerprint density at radius 1 is 1.25 bits per heavy atom. The molecule has 1 aromatic heterocycles. The van der Waals surface area contributed by atoms with Crippen molar-refractivity contribution in [2.45, 2.75) is 59.2 Å². The second-order valence-electron chi connectivity index (χ2n) is 6.95. The fourth-order valence-corrected chi connectivity index (χ4v) is 2.44. The van der Waals surface area contributed by atoms with E-state index in [4.69, 9.17) is 0 Å². The molecule has 0 bridgehead atoms. The number of urea groups is 1. The minimum Gasteiger partial charge on any atom is -0.332 e. The van der Waals surface area contributed by atoms with E-state index in [1.165, 1.54) is 5.56 Å². The summed E-state index contributed by atoms with van der Waals surface area (Å²) in [5, 5.41) is 13.6. The van der Waals surface area contributed by atoms with Gasteiger partial charge >= 0.3 is 6.03 Å². The van der Waals surface area contributed by atoms with Crippen LogP contribution in [0, 0.1) is 0 Å². The highest BCUT2D eigenvalue weighted by Gasteiger charge is 2.15. The second kappa shape index (κ2) is 7.47. The molecular formula is C18H27N5O. The maximum atomic E-state index is 12.1. The fourth-order valence-electron chi connectivity index (χ4n) is 2.44. The highest BCUT2D eigenvalue weighted by Crippen LogP contribution is 2.23. The van der Waals surface area contributed by atoms with Crippen molar-refractivity contribution in [3.63, 3.8) is 0 Å². The van der Waals surface area contributed by atoms with Gasteiger partial charge in [-0.05, 0) is 30.4 Å². The van der Waals surface area contributed by atoms with Crippen molar-refractivity contribution in [3.05, 3.63) is 47.5 Å². The Morgan fingerprint density at radius 2 is 1.92 bits per heavy atom. The van der Waals surface area contributed by atoms with Crippen LogP contribution in [-0.4, -0.2) is 20.8 Å². The van der Waals surface area contributed by atoms with E-state index in [0.29, 0.717) is 6.54 Å². The largest absolute Gasteiger partial charge is 0.332 e. The number of aryl methyl sites for hydroxylation is 1. The normalized spacial score (nSPS) is 12.7. The molecule has 1 aromatic carbocycles. The van der Waals surface area contributed by atoms with Crippen molar-refractivity contribution < 1.29 is 4.79 Å². The van der Waals surface area contributed by atoms with Crippen molar-refractivity contribution in [2.75, 3.05) is 0 Å². The molecule has 0 fully saturated rings. The van der Waals surface area contributed by atoms with Gasteiger partial charge in [0.1, 0.15) is 6.33 Å². The van der Waals surface area contributed by atoms with Gasteiger partial charge in [0, 0.05) is 6.54 Å². The average molecular weight is 329 g/mol. The molecule has 0 aliphatic carbocycles. The maximum Gasteiger partial charge on any atom is 0.315 e. The molecule has 130 valence electrons. The summed E-state index contributed by atoms with van der Waals surface area (Å²) >= 11 is 0. The first kappa shape index (κ1) is 18.0. The Kier molecular flexibility index (Phi) is 5.59. The lowest BCUT2D eigenvalue weighted by Gasteiger charge is -2.21. The van der Waals surface area contributed by atoms with Crippen LogP contribution >= 0.6 is 0 Å². The predicted octanol–water partition coefficient (Wildman–Crippen LogP) is 3.16. The summed E-state index contributed by atoms with van der Waals surface area (Å²) in [6, 6.07) is 8.10. The summed E-state index contributed by atoms with van der Waals surface area (Å²) in [5.41, 5.74) is 2.48. The number of hydrogen-bond donors (Lipinski definition) is 2. The van der Waals surface area contributed by atoms with Crippen LogP contribution in [0.5, 0.6) is 0 Å². The quantitative estimate of drug-likeness (QED) is 0.885. The third-order valence-electron chi connectivity index (χ3n) is 4.07. The summed E-state index contributed by atoms with van der Waals surface area (Å²) in [7, 11) is 0. The fraction of sp³-hybridized carbons (Fsp3) is 0.500. The number of rotatable bonds is 5. The van der Waals surface area contributed by atoms with Crippen LogP contribution in [0.15, 0.2) is 30.6 Å². The Morgan fingerprint density at radius 3 is 2.50 bits per heavy atom. The molecule has 2 rings (SSSR count). The van der Waals surface area contributed by atoms with E-state index < -0.39 is 0 Å². The summed E-state index contributed by atoms with van der Waals surface area (Å²) in [4.78, 5) is 12.1. The zero-order chi connectivity index (χ0) is 17.7. The van der Waals surface area contributed by atoms with Crippen LogP contribution < -0.4 is 10.6 Å². The molecule has 0 aliphatic heterocycles. The minimum atomic E-state index is -0.215. The molecule has 2 aromatic rings. The lowest BCUT2D eigenvalue weighted by molar-refractivity contribution is 0.237. The zero-order valence-corrected chi connectivity index (χ0v) is 15.1. The Balaban J connectivity index is 1.89. The number of aromatic nitrogens is 3. The molecule has 0 unspecified atom stereocenters. The summed E-state index contributed by atoms with van der Waals surface area (Å²) < 4.78 is 1.90. The van der Waals surface area contributed by atoms with Crippen molar-refractivity contribution >= 4 is 6.03 Å². The molecule has 2 amide bonds. The van der Waals surface area contributed by atoms with Crippen LogP contribution in [0.3, 0.4) is 0 Å². The van der Waals surface area contributed by atoms with Crippen molar-refractivity contribution in [2.24, 2.45) is 0 Å². The minimum absolute atomic E-state index is 0.0666. The summed E-state index contributed by atoms with van der Waals surface area (Å²) in [6.45, 7) is 11.7. The lowest BCUT2D eigenvalue weighted by Crippen LogP contribution is -2.37. The Bertz CT molecular complexity index is 669. The predicted molar refractivity (Wildman–Crippen MR) is 94.6 cm³/mol. The van der Waals surface area contributed by atoms with Gasteiger partial charge in [-0.2, -0.15) is 0 Å². The van der Waals surface area contributed by atoms with E-state index in [-0.39, 0.29) is 17.5 Å². The molecule has 6 nitrogen and oxygen atoms in total. The van der Waals surface area contributed by atoms with Gasteiger partial charge in [0.15, 0.2) is 5.82 Å². The van der Waals surface area contributed by atoms with Gasteiger partial charge in [-0.15, -0.1) is 10.2 Å². The van der Waals surface area contributed by atoms with E-state index in [1.54, 1.807) is 6.33 Å². The molecule has 0 radical (unpaired) electrons. The van der Waals surface area contributed by atoms with Crippen LogP contribution in [0.2, 0.25) is 0 Å². The van der Waals surface area contributed by atoms with Gasteiger partial charge in [-0.25, -0.2) is 4.79 Å². The monoisotopic (exact) mass is 329 g/mol. The van der Waals surface area contributed by atoms with E-state index in [9.17, 15) is 4.79 Å². The molecule has 2 N–H and O–H groups in total. The first-order valence-electron chi connectivity index (χ1n) is 8.32. The molecule has 0 saturated carbocycles. The van der Waals surface area contributed by atoms with Crippen LogP contribution in [0.25, 0.3) is 0 Å². The third-order valence-corrected chi connectivity index (χ3v) is 4.07. The number of nitrogens with zero attached hydrogens (tertiary/aromatic N) is 3. The zero-order valence-electron chi connectivity index (χ0n) is 15.1. The van der Waals surface area contributed by atoms with Crippen LogP contribution in [0.1, 0.15) is 57.6 Å². The van der Waals surface area contributed by atoms with Gasteiger partial charge in [-0.1, -0.05) is 45.0 Å². The molecule has 1 atom stereocenters. The standard InChI is InChI=1S/C18H27N5O/c1-6-23-12-20-22-16(23)11-19-17(24)21-13(2)14-7-9-15(10-8-14)18(3,4)5/h7-10,12-13H,6,11H2,1-5H3,(H2,19,21,24)/t13-/m0/s1. The molecule has 0 spiro atoms. The lowest BCUT2D eigenvalue weighted by atomic mass is 9.86. The molecule has 0 saturated heterocycles. The molecule has 0 aliphatic rings. The van der Waals surface area contributed by atoms with Gasteiger partial charge in [0.05, 0.1) is 12.6 Å². The van der Waals surface area contributed by atoms with E-state index in [2.05, 4.69) is 65.9 Å². The second-order valence-corrected chi connectivity index (χ2v) is 6.95. The van der Waals surface area contributed by atoms with Crippen molar-refractivity contribution in [1.29, 1.82) is 0 Å². The highest BCUT2D eigenvalue weighted by molar-refractivity contribution is 5.74. The first-order chi connectivity index (χ1) is 11.3. The number of carbonyl (C=O) groups excluding carboxylic acids is 1. The van der Waals surface area contributed by atoms with Gasteiger partial charge in [0.2, 0.25) is 0 Å². The Hall–Kier alpha value is -2.37.